The lowest BCUT2D eigenvalue weighted by molar-refractivity contribution is -0.160. The van der Waals surface area contributed by atoms with Crippen LogP contribution in [-0.2, 0) is 16.0 Å². The van der Waals surface area contributed by atoms with E-state index in [0.29, 0.717) is 62.9 Å². The van der Waals surface area contributed by atoms with Crippen molar-refractivity contribution in [1.29, 1.82) is 0 Å². The Morgan fingerprint density at radius 3 is 2.54 bits per heavy atom. The van der Waals surface area contributed by atoms with E-state index < -0.39 is 24.0 Å². The standard InChI is InChI=1S/C22H27F3N8O2/c1-21(3-5-32(13-21)16(34)10-22(23,24)25)33-4-2-15-17(14-11-27-19(26)28-12-14)29-20(30-18(15)33)31-6-8-35-9-7-31/h11-12H,2-10,13H2,1H3,(H2,26,27,28)/t21-/m1/s1. The monoisotopic (exact) mass is 492 g/mol. The second-order valence-electron chi connectivity index (χ2n) is 9.36. The van der Waals surface area contributed by atoms with Crippen molar-refractivity contribution in [3.63, 3.8) is 0 Å². The fourth-order valence-corrected chi connectivity index (χ4v) is 5.03. The lowest BCUT2D eigenvalue weighted by Crippen LogP contribution is -2.49. The van der Waals surface area contributed by atoms with Gasteiger partial charge in [0.05, 0.1) is 24.4 Å². The molecule has 2 aromatic heterocycles. The zero-order chi connectivity index (χ0) is 24.8. The lowest BCUT2D eigenvalue weighted by Gasteiger charge is -2.37. The van der Waals surface area contributed by atoms with Crippen LogP contribution in [0, 0.1) is 0 Å². The third-order valence-corrected chi connectivity index (χ3v) is 6.86. The number of nitrogens with zero attached hydrogens (tertiary/aromatic N) is 7. The number of halogens is 3. The molecule has 0 spiro atoms. The number of ether oxygens (including phenoxy) is 1. The topological polar surface area (TPSA) is 114 Å². The minimum absolute atomic E-state index is 0.163. The van der Waals surface area contributed by atoms with Crippen LogP contribution in [0.3, 0.4) is 0 Å². The Morgan fingerprint density at radius 1 is 1.14 bits per heavy atom. The number of nitrogens with two attached hydrogens (primary N) is 1. The summed E-state index contributed by atoms with van der Waals surface area (Å²) in [6.45, 7) is 5.51. The summed E-state index contributed by atoms with van der Waals surface area (Å²) in [4.78, 5) is 35.7. The lowest BCUT2D eigenvalue weighted by atomic mass is 9.99. The highest BCUT2D eigenvalue weighted by atomic mass is 19.4. The Morgan fingerprint density at radius 2 is 1.86 bits per heavy atom. The van der Waals surface area contributed by atoms with Gasteiger partial charge in [-0.15, -0.1) is 0 Å². The molecule has 0 aromatic carbocycles. The summed E-state index contributed by atoms with van der Waals surface area (Å²) in [6, 6.07) is 0. The highest BCUT2D eigenvalue weighted by Gasteiger charge is 2.46. The molecule has 0 radical (unpaired) electrons. The predicted octanol–water partition coefficient (Wildman–Crippen LogP) is 1.66. The van der Waals surface area contributed by atoms with Crippen LogP contribution in [0.2, 0.25) is 0 Å². The molecule has 5 rings (SSSR count). The average molecular weight is 493 g/mol. The number of likely N-dealkylation sites (tertiary alicyclic amines) is 1. The molecule has 0 unspecified atom stereocenters. The molecule has 2 fully saturated rings. The van der Waals surface area contributed by atoms with Crippen molar-refractivity contribution in [3.05, 3.63) is 18.0 Å². The van der Waals surface area contributed by atoms with Crippen molar-refractivity contribution in [2.75, 3.05) is 61.5 Å². The fourth-order valence-electron chi connectivity index (χ4n) is 5.03. The Kier molecular flexibility index (Phi) is 5.90. The van der Waals surface area contributed by atoms with Crippen LogP contribution >= 0.6 is 0 Å². The first kappa shape index (κ1) is 23.5. The van der Waals surface area contributed by atoms with Crippen LogP contribution in [-0.4, -0.2) is 88.4 Å². The van der Waals surface area contributed by atoms with E-state index in [1.807, 2.05) is 6.92 Å². The van der Waals surface area contributed by atoms with Crippen molar-refractivity contribution in [1.82, 2.24) is 24.8 Å². The van der Waals surface area contributed by atoms with Crippen LogP contribution in [0.1, 0.15) is 25.3 Å². The number of fused-ring (bicyclic) bond motifs is 1. The van der Waals surface area contributed by atoms with E-state index in [2.05, 4.69) is 19.8 Å². The van der Waals surface area contributed by atoms with Gasteiger partial charge in [-0.25, -0.2) is 15.0 Å². The molecule has 10 nitrogen and oxygen atoms in total. The number of alkyl halides is 3. The molecule has 2 saturated heterocycles. The van der Waals surface area contributed by atoms with Crippen LogP contribution in [0.15, 0.2) is 12.4 Å². The number of hydrogen-bond donors (Lipinski definition) is 1. The molecule has 0 saturated carbocycles. The molecule has 0 bridgehead atoms. The van der Waals surface area contributed by atoms with Crippen molar-refractivity contribution in [2.24, 2.45) is 0 Å². The normalized spacial score (nSPS) is 22.6. The van der Waals surface area contributed by atoms with E-state index in [4.69, 9.17) is 20.4 Å². The first-order valence-corrected chi connectivity index (χ1v) is 11.6. The summed E-state index contributed by atoms with van der Waals surface area (Å²) < 4.78 is 43.9. The van der Waals surface area contributed by atoms with E-state index >= 15 is 0 Å². The molecule has 3 aliphatic rings. The highest BCUT2D eigenvalue weighted by Crippen LogP contribution is 2.41. The maximum atomic E-state index is 12.8. The number of amides is 1. The molecule has 2 N–H and O–H groups in total. The van der Waals surface area contributed by atoms with E-state index in [0.717, 1.165) is 11.4 Å². The smallest absolute Gasteiger partial charge is 0.378 e. The Balaban J connectivity index is 1.49. The molecule has 5 heterocycles. The number of carbonyl (C=O) groups is 1. The van der Waals surface area contributed by atoms with Gasteiger partial charge in [-0.2, -0.15) is 18.2 Å². The number of carbonyl (C=O) groups excluding carboxylic acids is 1. The third-order valence-electron chi connectivity index (χ3n) is 6.86. The van der Waals surface area contributed by atoms with E-state index in [-0.39, 0.29) is 19.0 Å². The molecule has 0 aliphatic carbocycles. The molecule has 3 aliphatic heterocycles. The van der Waals surface area contributed by atoms with E-state index in [1.54, 1.807) is 12.4 Å². The van der Waals surface area contributed by atoms with E-state index in [1.165, 1.54) is 4.90 Å². The van der Waals surface area contributed by atoms with Crippen molar-refractivity contribution in [3.8, 4) is 11.3 Å². The first-order valence-electron chi connectivity index (χ1n) is 11.6. The molecular weight excluding hydrogens is 465 g/mol. The molecule has 188 valence electrons. The zero-order valence-corrected chi connectivity index (χ0v) is 19.4. The highest BCUT2D eigenvalue weighted by molar-refractivity contribution is 5.78. The van der Waals surface area contributed by atoms with Gasteiger partial charge in [0.25, 0.3) is 0 Å². The van der Waals surface area contributed by atoms with Gasteiger partial charge in [-0.1, -0.05) is 0 Å². The van der Waals surface area contributed by atoms with Gasteiger partial charge in [-0.05, 0) is 19.8 Å². The van der Waals surface area contributed by atoms with Gasteiger partial charge in [0.15, 0.2) is 0 Å². The van der Waals surface area contributed by atoms with E-state index in [9.17, 15) is 18.0 Å². The Labute approximate surface area is 200 Å². The maximum Gasteiger partial charge on any atom is 0.397 e. The van der Waals surface area contributed by atoms with Crippen LogP contribution in [0.5, 0.6) is 0 Å². The molecule has 13 heteroatoms. The van der Waals surface area contributed by atoms with Crippen molar-refractivity contribution < 1.29 is 22.7 Å². The van der Waals surface area contributed by atoms with Gasteiger partial charge < -0.3 is 25.2 Å². The number of anilines is 3. The summed E-state index contributed by atoms with van der Waals surface area (Å²) in [5.41, 5.74) is 7.49. The van der Waals surface area contributed by atoms with Crippen LogP contribution in [0.4, 0.5) is 30.9 Å². The van der Waals surface area contributed by atoms with Crippen molar-refractivity contribution in [2.45, 2.75) is 37.9 Å². The Hall–Kier alpha value is -3.22. The summed E-state index contributed by atoms with van der Waals surface area (Å²) in [7, 11) is 0. The molecule has 2 aromatic rings. The third kappa shape index (κ3) is 4.68. The van der Waals surface area contributed by atoms with Crippen molar-refractivity contribution >= 4 is 23.6 Å². The Bertz CT molecular complexity index is 1110. The average Bonchev–Trinajstić information content (AvgIpc) is 3.43. The summed E-state index contributed by atoms with van der Waals surface area (Å²) in [5, 5.41) is 0. The summed E-state index contributed by atoms with van der Waals surface area (Å²) >= 11 is 0. The SMILES string of the molecule is C[C@@]1(N2CCc3c(-c4cnc(N)nc4)nc(N4CCOCC4)nc32)CCN(C(=O)CC(F)(F)F)C1. The number of rotatable bonds is 4. The fraction of sp³-hybridized carbons (Fsp3) is 0.591. The van der Waals surface area contributed by atoms with Crippen LogP contribution < -0.4 is 15.5 Å². The second-order valence-corrected chi connectivity index (χ2v) is 9.36. The number of morpholine rings is 1. The minimum Gasteiger partial charge on any atom is -0.378 e. The molecule has 1 atom stereocenters. The van der Waals surface area contributed by atoms with Gasteiger partial charge in [0.2, 0.25) is 17.8 Å². The molecule has 35 heavy (non-hydrogen) atoms. The van der Waals surface area contributed by atoms with Crippen LogP contribution in [0.25, 0.3) is 11.3 Å². The maximum absolute atomic E-state index is 12.8. The summed E-state index contributed by atoms with van der Waals surface area (Å²) in [6.07, 6.45) is -1.49. The first-order chi connectivity index (χ1) is 16.6. The van der Waals surface area contributed by atoms with Gasteiger partial charge in [0.1, 0.15) is 12.2 Å². The minimum atomic E-state index is -4.52. The number of aromatic nitrogens is 4. The predicted molar refractivity (Wildman–Crippen MR) is 122 cm³/mol. The number of nitrogen functional groups attached to an aromatic ring is 1. The number of hydrogen-bond acceptors (Lipinski definition) is 9. The van der Waals surface area contributed by atoms with Gasteiger partial charge in [0, 0.05) is 56.2 Å². The van der Waals surface area contributed by atoms with Gasteiger partial charge in [-0.3, -0.25) is 4.79 Å². The summed E-state index contributed by atoms with van der Waals surface area (Å²) in [5.74, 6) is 0.562. The second kappa shape index (κ2) is 8.77. The molecular formula is C22H27F3N8O2. The molecule has 1 amide bonds. The quantitative estimate of drug-likeness (QED) is 0.681. The largest absolute Gasteiger partial charge is 0.397 e. The van der Waals surface area contributed by atoms with Gasteiger partial charge >= 0.3 is 6.18 Å². The zero-order valence-electron chi connectivity index (χ0n) is 19.4.